The number of aromatic nitrogens is 1. The number of aromatic amines is 1. The Kier molecular flexibility index (Phi) is 4.00. The highest BCUT2D eigenvalue weighted by molar-refractivity contribution is 6.04. The van der Waals surface area contributed by atoms with Gasteiger partial charge >= 0.3 is 5.97 Å². The highest BCUT2D eigenvalue weighted by Crippen LogP contribution is 2.14. The Labute approximate surface area is 115 Å². The van der Waals surface area contributed by atoms with E-state index in [1.807, 2.05) is 13.0 Å². The maximum absolute atomic E-state index is 12.0. The highest BCUT2D eigenvalue weighted by atomic mass is 16.4. The Morgan fingerprint density at radius 2 is 2.10 bits per heavy atom. The van der Waals surface area contributed by atoms with E-state index in [0.29, 0.717) is 16.9 Å². The molecule has 1 aromatic heterocycles. The number of amides is 1. The van der Waals surface area contributed by atoms with E-state index < -0.39 is 5.97 Å². The molecule has 2 aromatic rings. The van der Waals surface area contributed by atoms with Crippen molar-refractivity contribution in [1.82, 2.24) is 4.98 Å². The topological polar surface area (TPSA) is 82.2 Å². The third kappa shape index (κ3) is 3.35. The molecule has 0 aliphatic carbocycles. The molecular formula is C15H14N2O3. The number of hydrogen-bond acceptors (Lipinski definition) is 2. The Bertz CT molecular complexity index is 671. The quantitative estimate of drug-likeness (QED) is 0.747. The summed E-state index contributed by atoms with van der Waals surface area (Å²) in [5, 5.41) is 11.3. The Morgan fingerprint density at radius 3 is 2.75 bits per heavy atom. The van der Waals surface area contributed by atoms with Crippen molar-refractivity contribution in [3.8, 4) is 0 Å². The summed E-state index contributed by atoms with van der Waals surface area (Å²) >= 11 is 0. The molecule has 0 radical (unpaired) electrons. The third-order valence-electron chi connectivity index (χ3n) is 2.75. The number of carboxylic acid groups (broad SMARTS) is 1. The van der Waals surface area contributed by atoms with Crippen molar-refractivity contribution < 1.29 is 14.7 Å². The van der Waals surface area contributed by atoms with Crippen LogP contribution in [0.4, 0.5) is 5.69 Å². The molecule has 0 bridgehead atoms. The summed E-state index contributed by atoms with van der Waals surface area (Å²) in [6.07, 6.45) is 4.23. The first-order chi connectivity index (χ1) is 9.56. The molecule has 0 saturated carbocycles. The van der Waals surface area contributed by atoms with Gasteiger partial charge in [0.05, 0.1) is 0 Å². The van der Waals surface area contributed by atoms with E-state index in [1.54, 1.807) is 30.5 Å². The lowest BCUT2D eigenvalue weighted by Gasteiger charge is -2.05. The van der Waals surface area contributed by atoms with E-state index in [1.165, 1.54) is 6.08 Å². The molecule has 0 unspecified atom stereocenters. The van der Waals surface area contributed by atoms with Gasteiger partial charge < -0.3 is 15.4 Å². The summed E-state index contributed by atoms with van der Waals surface area (Å²) in [6, 6.07) is 8.78. The second kappa shape index (κ2) is 5.88. The first-order valence-electron chi connectivity index (χ1n) is 6.02. The van der Waals surface area contributed by atoms with E-state index in [9.17, 15) is 9.59 Å². The SMILES string of the molecule is Cc1cc[nH]c1C(=O)Nc1cccc(/C=C/C(=O)O)c1. The predicted molar refractivity (Wildman–Crippen MR) is 76.6 cm³/mol. The second-order valence-corrected chi connectivity index (χ2v) is 4.29. The third-order valence-corrected chi connectivity index (χ3v) is 2.75. The van der Waals surface area contributed by atoms with Crippen LogP contribution in [0.5, 0.6) is 0 Å². The molecule has 0 atom stereocenters. The number of H-pyrrole nitrogens is 1. The zero-order valence-electron chi connectivity index (χ0n) is 10.9. The molecule has 102 valence electrons. The molecule has 0 spiro atoms. The van der Waals surface area contributed by atoms with Crippen molar-refractivity contribution in [1.29, 1.82) is 0 Å². The average Bonchev–Trinajstić information content (AvgIpc) is 2.83. The number of nitrogens with one attached hydrogen (secondary N) is 2. The molecule has 0 saturated heterocycles. The number of aliphatic carboxylic acids is 1. The molecule has 0 aliphatic heterocycles. The summed E-state index contributed by atoms with van der Waals surface area (Å²) < 4.78 is 0. The van der Waals surface area contributed by atoms with Crippen LogP contribution in [0.25, 0.3) is 6.08 Å². The number of benzene rings is 1. The molecule has 0 aliphatic rings. The number of rotatable bonds is 4. The predicted octanol–water partition coefficient (Wildman–Crippen LogP) is 2.67. The number of carbonyl (C=O) groups excluding carboxylic acids is 1. The normalized spacial score (nSPS) is 10.7. The van der Waals surface area contributed by atoms with Gasteiger partial charge in [0.2, 0.25) is 0 Å². The van der Waals surface area contributed by atoms with Crippen LogP contribution in [-0.2, 0) is 4.79 Å². The van der Waals surface area contributed by atoms with Crippen molar-refractivity contribution in [3.05, 3.63) is 59.4 Å². The molecule has 3 N–H and O–H groups in total. The minimum Gasteiger partial charge on any atom is -0.478 e. The standard InChI is InChI=1S/C15H14N2O3/c1-10-7-8-16-14(10)15(20)17-12-4-2-3-11(9-12)5-6-13(18)19/h2-9,16H,1H3,(H,17,20)(H,18,19)/b6-5+. The number of aryl methyl sites for hydroxylation is 1. The summed E-state index contributed by atoms with van der Waals surface area (Å²) in [5.74, 6) is -1.24. The zero-order valence-corrected chi connectivity index (χ0v) is 10.9. The average molecular weight is 270 g/mol. The van der Waals surface area contributed by atoms with Crippen LogP contribution in [-0.4, -0.2) is 22.0 Å². The number of carboxylic acids is 1. The summed E-state index contributed by atoms with van der Waals surface area (Å²) in [4.78, 5) is 25.4. The van der Waals surface area contributed by atoms with Crippen molar-refractivity contribution in [2.75, 3.05) is 5.32 Å². The van der Waals surface area contributed by atoms with Gasteiger partial charge in [0.15, 0.2) is 0 Å². The first kappa shape index (κ1) is 13.6. The van der Waals surface area contributed by atoms with Gasteiger partial charge in [-0.25, -0.2) is 4.79 Å². The fourth-order valence-electron chi connectivity index (χ4n) is 1.77. The van der Waals surface area contributed by atoms with E-state index in [-0.39, 0.29) is 5.91 Å². The van der Waals surface area contributed by atoms with Crippen LogP contribution < -0.4 is 5.32 Å². The van der Waals surface area contributed by atoms with Gasteiger partial charge in [-0.05, 0) is 42.3 Å². The molecule has 1 amide bonds. The lowest BCUT2D eigenvalue weighted by molar-refractivity contribution is -0.131. The Hall–Kier alpha value is -2.82. The molecule has 20 heavy (non-hydrogen) atoms. The zero-order chi connectivity index (χ0) is 14.5. The number of carbonyl (C=O) groups is 2. The lowest BCUT2D eigenvalue weighted by Crippen LogP contribution is -2.13. The fraction of sp³-hybridized carbons (Fsp3) is 0.0667. The second-order valence-electron chi connectivity index (χ2n) is 4.29. The van der Waals surface area contributed by atoms with Gasteiger partial charge in [0.1, 0.15) is 5.69 Å². The first-order valence-corrected chi connectivity index (χ1v) is 6.02. The molecular weight excluding hydrogens is 256 g/mol. The van der Waals surface area contributed by atoms with Crippen LogP contribution in [0.2, 0.25) is 0 Å². The number of anilines is 1. The van der Waals surface area contributed by atoms with Gasteiger partial charge in [-0.1, -0.05) is 12.1 Å². The maximum Gasteiger partial charge on any atom is 0.328 e. The lowest BCUT2D eigenvalue weighted by atomic mass is 10.2. The highest BCUT2D eigenvalue weighted by Gasteiger charge is 2.09. The van der Waals surface area contributed by atoms with Crippen molar-refractivity contribution in [2.24, 2.45) is 0 Å². The monoisotopic (exact) mass is 270 g/mol. The molecule has 0 fully saturated rings. The van der Waals surface area contributed by atoms with E-state index >= 15 is 0 Å². The van der Waals surface area contributed by atoms with Crippen LogP contribution >= 0.6 is 0 Å². The van der Waals surface area contributed by atoms with Gasteiger partial charge in [-0.3, -0.25) is 4.79 Å². The Morgan fingerprint density at radius 1 is 1.30 bits per heavy atom. The summed E-state index contributed by atoms with van der Waals surface area (Å²) in [5.41, 5.74) is 2.69. The minimum absolute atomic E-state index is 0.230. The van der Waals surface area contributed by atoms with Gasteiger partial charge in [0, 0.05) is 18.0 Å². The largest absolute Gasteiger partial charge is 0.478 e. The molecule has 1 aromatic carbocycles. The van der Waals surface area contributed by atoms with E-state index in [4.69, 9.17) is 5.11 Å². The molecule has 5 nitrogen and oxygen atoms in total. The smallest absolute Gasteiger partial charge is 0.328 e. The van der Waals surface area contributed by atoms with E-state index in [0.717, 1.165) is 11.6 Å². The van der Waals surface area contributed by atoms with Gasteiger partial charge in [0.25, 0.3) is 5.91 Å². The summed E-state index contributed by atoms with van der Waals surface area (Å²) in [7, 11) is 0. The van der Waals surface area contributed by atoms with Gasteiger partial charge in [-0.15, -0.1) is 0 Å². The minimum atomic E-state index is -1.01. The maximum atomic E-state index is 12.0. The van der Waals surface area contributed by atoms with E-state index in [2.05, 4.69) is 10.3 Å². The van der Waals surface area contributed by atoms with Crippen molar-refractivity contribution >= 4 is 23.6 Å². The van der Waals surface area contributed by atoms with Crippen LogP contribution in [0.15, 0.2) is 42.6 Å². The summed E-state index contributed by atoms with van der Waals surface area (Å²) in [6.45, 7) is 1.84. The van der Waals surface area contributed by atoms with Crippen molar-refractivity contribution in [3.63, 3.8) is 0 Å². The Balaban J connectivity index is 2.14. The molecule has 2 rings (SSSR count). The number of hydrogen-bond donors (Lipinski definition) is 3. The van der Waals surface area contributed by atoms with Crippen molar-refractivity contribution in [2.45, 2.75) is 6.92 Å². The van der Waals surface area contributed by atoms with Crippen LogP contribution in [0.1, 0.15) is 21.6 Å². The van der Waals surface area contributed by atoms with Crippen LogP contribution in [0.3, 0.4) is 0 Å². The van der Waals surface area contributed by atoms with Gasteiger partial charge in [-0.2, -0.15) is 0 Å². The molecule has 1 heterocycles. The fourth-order valence-corrected chi connectivity index (χ4v) is 1.77. The van der Waals surface area contributed by atoms with Crippen LogP contribution in [0, 0.1) is 6.92 Å². The molecule has 5 heteroatoms.